The Hall–Kier alpha value is -1.69. The lowest BCUT2D eigenvalue weighted by Crippen LogP contribution is -2.34. The van der Waals surface area contributed by atoms with E-state index in [1.165, 1.54) is 0 Å². The molecule has 0 aliphatic heterocycles. The number of carbonyl (C=O) groups is 1. The first-order valence-electron chi connectivity index (χ1n) is 7.19. The van der Waals surface area contributed by atoms with Crippen molar-refractivity contribution in [2.24, 2.45) is 0 Å². The third-order valence-corrected chi connectivity index (χ3v) is 4.48. The Bertz CT molecular complexity index is 631. The van der Waals surface area contributed by atoms with Crippen molar-refractivity contribution in [3.63, 3.8) is 0 Å². The molecule has 0 radical (unpaired) electrons. The fourth-order valence-corrected chi connectivity index (χ4v) is 3.08. The van der Waals surface area contributed by atoms with Crippen LogP contribution in [-0.2, 0) is 11.2 Å². The lowest BCUT2D eigenvalue weighted by Gasteiger charge is -2.17. The van der Waals surface area contributed by atoms with Crippen molar-refractivity contribution in [1.82, 2.24) is 20.1 Å². The van der Waals surface area contributed by atoms with Crippen LogP contribution in [0.5, 0.6) is 0 Å². The molecule has 114 valence electrons. The molecule has 21 heavy (non-hydrogen) atoms. The normalized spacial score (nSPS) is 14.0. The summed E-state index contributed by atoms with van der Waals surface area (Å²) < 4.78 is 1.76. The lowest BCUT2D eigenvalue weighted by molar-refractivity contribution is -0.124. The monoisotopic (exact) mass is 306 g/mol. The van der Waals surface area contributed by atoms with Gasteiger partial charge in [0.2, 0.25) is 5.91 Å². The quantitative estimate of drug-likeness (QED) is 0.924. The molecule has 2 heterocycles. The third-order valence-electron chi connectivity index (χ3n) is 3.47. The topological polar surface area (TPSA) is 59.8 Å². The minimum Gasteiger partial charge on any atom is -0.346 e. The van der Waals surface area contributed by atoms with Gasteiger partial charge in [-0.05, 0) is 40.2 Å². The molecule has 2 aromatic rings. The van der Waals surface area contributed by atoms with E-state index in [1.54, 1.807) is 16.0 Å². The summed E-state index contributed by atoms with van der Waals surface area (Å²) in [6, 6.07) is 1.56. The summed E-state index contributed by atoms with van der Waals surface area (Å²) in [5.41, 5.74) is 2.84. The lowest BCUT2D eigenvalue weighted by atomic mass is 10.2. The largest absolute Gasteiger partial charge is 0.346 e. The van der Waals surface area contributed by atoms with Crippen LogP contribution in [-0.4, -0.2) is 20.7 Å². The Morgan fingerprint density at radius 1 is 1.43 bits per heavy atom. The van der Waals surface area contributed by atoms with Crippen LogP contribution in [0.15, 0.2) is 11.4 Å². The summed E-state index contributed by atoms with van der Waals surface area (Å²) in [6.45, 7) is 9.79. The van der Waals surface area contributed by atoms with E-state index in [2.05, 4.69) is 22.3 Å². The summed E-state index contributed by atoms with van der Waals surface area (Å²) in [6.07, 6.45) is 0.924. The number of nitrogens with one attached hydrogen (secondary N) is 1. The van der Waals surface area contributed by atoms with E-state index < -0.39 is 0 Å². The van der Waals surface area contributed by atoms with Gasteiger partial charge in [-0.2, -0.15) is 5.10 Å². The van der Waals surface area contributed by atoms with Crippen LogP contribution in [0.4, 0.5) is 0 Å². The number of nitrogens with zero attached hydrogens (tertiary/aromatic N) is 3. The predicted octanol–water partition coefficient (Wildman–Crippen LogP) is 2.96. The Balaban J connectivity index is 2.05. The van der Waals surface area contributed by atoms with E-state index in [9.17, 15) is 4.79 Å². The van der Waals surface area contributed by atoms with Gasteiger partial charge < -0.3 is 5.32 Å². The number of hydrogen-bond acceptors (Lipinski definition) is 4. The predicted molar refractivity (Wildman–Crippen MR) is 84.5 cm³/mol. The number of rotatable bonds is 5. The highest BCUT2D eigenvalue weighted by Crippen LogP contribution is 2.18. The van der Waals surface area contributed by atoms with Crippen molar-refractivity contribution in [2.75, 3.05) is 0 Å². The van der Waals surface area contributed by atoms with Gasteiger partial charge in [-0.15, -0.1) is 11.3 Å². The maximum atomic E-state index is 12.4. The summed E-state index contributed by atoms with van der Waals surface area (Å²) in [4.78, 5) is 16.9. The molecule has 0 bridgehead atoms. The zero-order chi connectivity index (χ0) is 15.6. The van der Waals surface area contributed by atoms with Crippen LogP contribution >= 0.6 is 11.3 Å². The van der Waals surface area contributed by atoms with Crippen LogP contribution in [0.2, 0.25) is 0 Å². The molecule has 2 atom stereocenters. The number of hydrogen-bond donors (Lipinski definition) is 1. The highest BCUT2D eigenvalue weighted by Gasteiger charge is 2.20. The van der Waals surface area contributed by atoms with Crippen molar-refractivity contribution in [2.45, 2.75) is 53.1 Å². The molecule has 0 spiro atoms. The van der Waals surface area contributed by atoms with Crippen LogP contribution in [0.1, 0.15) is 54.9 Å². The van der Waals surface area contributed by atoms with E-state index in [1.807, 2.05) is 39.1 Å². The number of thiazole rings is 1. The maximum Gasteiger partial charge on any atom is 0.245 e. The molecule has 1 N–H and O–H groups in total. The summed E-state index contributed by atoms with van der Waals surface area (Å²) in [5, 5.41) is 10.5. The van der Waals surface area contributed by atoms with Gasteiger partial charge in [0.05, 0.1) is 22.4 Å². The molecule has 0 aliphatic rings. The number of carbonyl (C=O) groups excluding carboxylic acids is 1. The number of amides is 1. The van der Waals surface area contributed by atoms with Crippen molar-refractivity contribution in [3.05, 3.63) is 33.5 Å². The van der Waals surface area contributed by atoms with Gasteiger partial charge in [-0.25, -0.2) is 4.98 Å². The Labute approximate surface area is 129 Å². The van der Waals surface area contributed by atoms with E-state index in [4.69, 9.17) is 0 Å². The van der Waals surface area contributed by atoms with Gasteiger partial charge in [0.15, 0.2) is 0 Å². The first-order valence-corrected chi connectivity index (χ1v) is 8.07. The molecular formula is C15H22N4OS. The fraction of sp³-hybridized carbons (Fsp3) is 0.533. The average Bonchev–Trinajstić information content (AvgIpc) is 3.04. The number of aryl methyl sites for hydroxylation is 3. The molecule has 0 saturated carbocycles. The van der Waals surface area contributed by atoms with Crippen LogP contribution in [0.25, 0.3) is 0 Å². The molecule has 0 saturated heterocycles. The zero-order valence-electron chi connectivity index (χ0n) is 13.2. The van der Waals surface area contributed by atoms with Gasteiger partial charge in [0, 0.05) is 11.1 Å². The van der Waals surface area contributed by atoms with E-state index in [-0.39, 0.29) is 18.0 Å². The van der Waals surface area contributed by atoms with Gasteiger partial charge in [-0.3, -0.25) is 9.48 Å². The second-order valence-electron chi connectivity index (χ2n) is 5.30. The minimum absolute atomic E-state index is 0.0419. The molecule has 5 nitrogen and oxygen atoms in total. The molecule has 2 rings (SSSR count). The first kappa shape index (κ1) is 15.7. The van der Waals surface area contributed by atoms with Gasteiger partial charge in [0.25, 0.3) is 0 Å². The Kier molecular flexibility index (Phi) is 4.77. The maximum absolute atomic E-state index is 12.4. The Morgan fingerprint density at radius 2 is 2.14 bits per heavy atom. The molecule has 1 amide bonds. The third kappa shape index (κ3) is 3.50. The van der Waals surface area contributed by atoms with Crippen LogP contribution < -0.4 is 5.32 Å². The number of aromatic nitrogens is 3. The zero-order valence-corrected chi connectivity index (χ0v) is 14.0. The van der Waals surface area contributed by atoms with E-state index >= 15 is 0 Å². The van der Waals surface area contributed by atoms with E-state index in [0.29, 0.717) is 0 Å². The average molecular weight is 306 g/mol. The van der Waals surface area contributed by atoms with Crippen molar-refractivity contribution >= 4 is 17.2 Å². The van der Waals surface area contributed by atoms with Crippen LogP contribution in [0.3, 0.4) is 0 Å². The van der Waals surface area contributed by atoms with Gasteiger partial charge >= 0.3 is 0 Å². The second kappa shape index (κ2) is 6.39. The molecule has 0 aromatic carbocycles. The molecule has 2 unspecified atom stereocenters. The van der Waals surface area contributed by atoms with Crippen molar-refractivity contribution in [3.8, 4) is 0 Å². The molecule has 2 aromatic heterocycles. The molecule has 0 fully saturated rings. The van der Waals surface area contributed by atoms with Crippen molar-refractivity contribution in [1.29, 1.82) is 0 Å². The first-order chi connectivity index (χ1) is 9.92. The summed E-state index contributed by atoms with van der Waals surface area (Å²) in [5.74, 6) is -0.0419. The van der Waals surface area contributed by atoms with Crippen LogP contribution in [0, 0.1) is 13.8 Å². The van der Waals surface area contributed by atoms with E-state index in [0.717, 1.165) is 28.5 Å². The standard InChI is InChI=1S/C15H22N4OS/c1-6-14-17-13(8-21-14)11(4)16-15(20)12(5)19-10(3)7-9(2)18-19/h7-8,11-12H,6H2,1-5H3,(H,16,20). The minimum atomic E-state index is -0.328. The Morgan fingerprint density at radius 3 is 2.67 bits per heavy atom. The molecule has 0 aliphatic carbocycles. The SMILES string of the molecule is CCc1nc(C(C)NC(=O)C(C)n2nc(C)cc2C)cs1. The summed E-state index contributed by atoms with van der Waals surface area (Å²) in [7, 11) is 0. The molecule has 6 heteroatoms. The van der Waals surface area contributed by atoms with Gasteiger partial charge in [0.1, 0.15) is 6.04 Å². The highest BCUT2D eigenvalue weighted by atomic mass is 32.1. The highest BCUT2D eigenvalue weighted by molar-refractivity contribution is 7.09. The van der Waals surface area contributed by atoms with Crippen molar-refractivity contribution < 1.29 is 4.79 Å². The second-order valence-corrected chi connectivity index (χ2v) is 6.24. The molecular weight excluding hydrogens is 284 g/mol. The summed E-state index contributed by atoms with van der Waals surface area (Å²) >= 11 is 1.64. The smallest absolute Gasteiger partial charge is 0.245 e. The fourth-order valence-electron chi connectivity index (χ4n) is 2.24. The van der Waals surface area contributed by atoms with Gasteiger partial charge in [-0.1, -0.05) is 6.92 Å².